The van der Waals surface area contributed by atoms with Gasteiger partial charge in [0, 0.05) is 56.7 Å². The van der Waals surface area contributed by atoms with Gasteiger partial charge in [0.2, 0.25) is 11.8 Å². The van der Waals surface area contributed by atoms with Gasteiger partial charge < -0.3 is 20.5 Å². The number of carboxylic acid groups (broad SMARTS) is 1. The molecule has 2 rings (SSSR count). The third kappa shape index (κ3) is 14.6. The molecule has 1 atom stereocenters. The molecule has 0 saturated heterocycles. The Hall–Kier alpha value is -4.52. The molecule has 0 spiro atoms. The molecule has 3 N–H and O–H groups in total. The highest BCUT2D eigenvalue weighted by Crippen LogP contribution is 2.14. The Morgan fingerprint density at radius 1 is 0.773 bits per heavy atom. The summed E-state index contributed by atoms with van der Waals surface area (Å²) in [5.74, 6) is -4.45. The van der Waals surface area contributed by atoms with Crippen LogP contribution >= 0.6 is 0 Å². The van der Waals surface area contributed by atoms with Gasteiger partial charge in [-0.2, -0.15) is 0 Å². The molecule has 0 aromatic heterocycles. The van der Waals surface area contributed by atoms with E-state index in [0.717, 1.165) is 10.5 Å². The molecular weight excluding hydrogens is 574 g/mol. The zero-order chi connectivity index (χ0) is 32.3. The Kier molecular flexibility index (Phi) is 15.9. The summed E-state index contributed by atoms with van der Waals surface area (Å²) < 4.78 is 4.82. The first-order valence-electron chi connectivity index (χ1n) is 14.5. The Morgan fingerprint density at radius 2 is 1.45 bits per heavy atom. The zero-order valence-corrected chi connectivity index (χ0v) is 24.6. The summed E-state index contributed by atoms with van der Waals surface area (Å²) in [4.78, 5) is 96.6. The van der Waals surface area contributed by atoms with Crippen LogP contribution in [0.4, 0.5) is 0 Å². The van der Waals surface area contributed by atoms with Crippen LogP contribution in [0.5, 0.6) is 0 Å². The number of imide groups is 1. The summed E-state index contributed by atoms with van der Waals surface area (Å²) in [6.45, 7) is -0.932. The molecule has 1 heterocycles. The maximum Gasteiger partial charge on any atom is 0.329 e. The number of hydrogen-bond acceptors (Lipinski definition) is 9. The maximum absolute atomic E-state index is 12.9. The fourth-order valence-electron chi connectivity index (χ4n) is 4.35. The van der Waals surface area contributed by atoms with Crippen LogP contribution in [0.15, 0.2) is 42.5 Å². The van der Waals surface area contributed by atoms with Gasteiger partial charge in [-0.25, -0.2) is 4.79 Å². The average molecular weight is 614 g/mol. The normalized spacial score (nSPS) is 13.0. The second-order valence-corrected chi connectivity index (χ2v) is 10.4. The molecular formula is C31H39N3O10. The summed E-state index contributed by atoms with van der Waals surface area (Å²) in [6, 6.07) is 9.02. The lowest BCUT2D eigenvalue weighted by Gasteiger charge is -2.16. The minimum Gasteiger partial charge on any atom is -0.480 e. The van der Waals surface area contributed by atoms with E-state index in [2.05, 4.69) is 10.6 Å². The van der Waals surface area contributed by atoms with Gasteiger partial charge in [0.05, 0.1) is 19.7 Å². The van der Waals surface area contributed by atoms with Gasteiger partial charge >= 0.3 is 5.97 Å². The zero-order valence-electron chi connectivity index (χ0n) is 24.6. The van der Waals surface area contributed by atoms with Gasteiger partial charge in [-0.15, -0.1) is 0 Å². The standard InChI is InChI=1S/C31H39N3O10/c35-24(9-5-2-6-15-34-28(39)12-13-29(34)40)10-11-27(38)32-20-26(37)18-23(17-22-7-3-1-4-8-22)31(43)33-19-25(36)14-16-44-21-30(41)42/h1,3-4,7-8,12-13,23H,2,5-6,9-11,14-21H2,(H,32,38)(H,33,43)(H,41,42)/t23-/m1/s1. The van der Waals surface area contributed by atoms with Crippen LogP contribution < -0.4 is 10.6 Å². The fourth-order valence-corrected chi connectivity index (χ4v) is 4.35. The van der Waals surface area contributed by atoms with Crippen molar-refractivity contribution in [3.05, 3.63) is 48.0 Å². The van der Waals surface area contributed by atoms with Gasteiger partial charge in [0.1, 0.15) is 12.4 Å². The molecule has 1 aliphatic rings. The topological polar surface area (TPSA) is 193 Å². The van der Waals surface area contributed by atoms with Crippen LogP contribution in [0.2, 0.25) is 0 Å². The number of carbonyl (C=O) groups excluding carboxylic acids is 7. The Balaban J connectivity index is 1.69. The first kappa shape index (κ1) is 35.7. The number of carbonyl (C=O) groups is 8. The summed E-state index contributed by atoms with van der Waals surface area (Å²) in [5, 5.41) is 13.6. The third-order valence-corrected chi connectivity index (χ3v) is 6.73. The van der Waals surface area contributed by atoms with Crippen molar-refractivity contribution in [2.45, 2.75) is 57.8 Å². The molecule has 0 radical (unpaired) electrons. The summed E-state index contributed by atoms with van der Waals surface area (Å²) >= 11 is 0. The van der Waals surface area contributed by atoms with E-state index < -0.39 is 30.3 Å². The molecule has 1 aliphatic heterocycles. The number of nitrogens with zero attached hydrogens (tertiary/aromatic N) is 1. The number of rotatable bonds is 23. The largest absolute Gasteiger partial charge is 0.480 e. The lowest BCUT2D eigenvalue weighted by molar-refractivity contribution is -0.143. The first-order chi connectivity index (χ1) is 21.0. The molecule has 0 unspecified atom stereocenters. The third-order valence-electron chi connectivity index (χ3n) is 6.73. The van der Waals surface area contributed by atoms with E-state index >= 15 is 0 Å². The minimum absolute atomic E-state index is 0.0153. The number of hydrogen-bond donors (Lipinski definition) is 3. The number of benzene rings is 1. The summed E-state index contributed by atoms with van der Waals surface area (Å²) in [5.41, 5.74) is 0.812. The minimum atomic E-state index is -1.15. The predicted molar refractivity (Wildman–Crippen MR) is 156 cm³/mol. The van der Waals surface area contributed by atoms with Crippen LogP contribution in [0.25, 0.3) is 0 Å². The Morgan fingerprint density at radius 3 is 2.14 bits per heavy atom. The molecule has 4 amide bonds. The van der Waals surface area contributed by atoms with Crippen LogP contribution in [0.1, 0.15) is 56.9 Å². The van der Waals surface area contributed by atoms with Crippen molar-refractivity contribution >= 4 is 46.9 Å². The van der Waals surface area contributed by atoms with E-state index in [1.165, 1.54) is 12.2 Å². The number of ether oxygens (including phenoxy) is 1. The van der Waals surface area contributed by atoms with E-state index in [0.29, 0.717) is 25.8 Å². The molecule has 0 bridgehead atoms. The monoisotopic (exact) mass is 613 g/mol. The van der Waals surface area contributed by atoms with Crippen LogP contribution in [0, 0.1) is 5.92 Å². The molecule has 1 aromatic rings. The molecule has 0 saturated carbocycles. The number of Topliss-reactive ketones (excluding diaryl/α,β-unsaturated/α-hetero) is 3. The van der Waals surface area contributed by atoms with Crippen molar-refractivity contribution in [2.75, 3.05) is 32.8 Å². The fraction of sp³-hybridized carbons (Fsp3) is 0.484. The predicted octanol–water partition coefficient (Wildman–Crippen LogP) is 0.932. The lowest BCUT2D eigenvalue weighted by Crippen LogP contribution is -2.38. The number of amides is 4. The van der Waals surface area contributed by atoms with Gasteiger partial charge in [0.25, 0.3) is 11.8 Å². The highest BCUT2D eigenvalue weighted by molar-refractivity contribution is 6.12. The number of nitrogens with one attached hydrogen (secondary N) is 2. The lowest BCUT2D eigenvalue weighted by atomic mass is 9.93. The van der Waals surface area contributed by atoms with E-state index in [1.807, 2.05) is 6.07 Å². The number of aliphatic carboxylic acids is 1. The van der Waals surface area contributed by atoms with Crippen molar-refractivity contribution in [1.82, 2.24) is 15.5 Å². The molecule has 44 heavy (non-hydrogen) atoms. The van der Waals surface area contributed by atoms with Crippen LogP contribution in [-0.2, 0) is 49.5 Å². The van der Waals surface area contributed by atoms with E-state index in [4.69, 9.17) is 9.84 Å². The molecule has 13 heteroatoms. The average Bonchev–Trinajstić information content (AvgIpc) is 3.32. The smallest absolute Gasteiger partial charge is 0.329 e. The SMILES string of the molecule is O=C(O)COCCC(=O)CNC(=O)[C@@H](CC(=O)CNC(=O)CCC(=O)CCCCCN1C(=O)C=CC1=O)Cc1ccccc1. The Labute approximate surface area is 255 Å². The Bertz CT molecular complexity index is 1210. The van der Waals surface area contributed by atoms with Crippen molar-refractivity contribution in [2.24, 2.45) is 5.92 Å². The summed E-state index contributed by atoms with van der Waals surface area (Å²) in [6.07, 6.45) is 4.42. The quantitative estimate of drug-likeness (QED) is 0.118. The number of unbranched alkanes of at least 4 members (excludes halogenated alkanes) is 2. The first-order valence-corrected chi connectivity index (χ1v) is 14.5. The van der Waals surface area contributed by atoms with Crippen LogP contribution in [-0.4, -0.2) is 89.8 Å². The maximum atomic E-state index is 12.9. The van der Waals surface area contributed by atoms with Gasteiger partial charge in [-0.05, 0) is 24.8 Å². The molecule has 0 aliphatic carbocycles. The van der Waals surface area contributed by atoms with E-state index in [1.54, 1.807) is 24.3 Å². The van der Waals surface area contributed by atoms with Gasteiger partial charge in [0.15, 0.2) is 11.6 Å². The van der Waals surface area contributed by atoms with Crippen molar-refractivity contribution in [3.8, 4) is 0 Å². The van der Waals surface area contributed by atoms with E-state index in [-0.39, 0.29) is 87.4 Å². The number of carboxylic acids is 1. The van der Waals surface area contributed by atoms with Gasteiger partial charge in [-0.3, -0.25) is 38.5 Å². The van der Waals surface area contributed by atoms with E-state index in [9.17, 15) is 38.4 Å². The molecule has 1 aromatic carbocycles. The second-order valence-electron chi connectivity index (χ2n) is 10.4. The molecule has 0 fully saturated rings. The number of ketones is 3. The highest BCUT2D eigenvalue weighted by atomic mass is 16.5. The van der Waals surface area contributed by atoms with Crippen LogP contribution in [0.3, 0.4) is 0 Å². The molecule has 13 nitrogen and oxygen atoms in total. The summed E-state index contributed by atoms with van der Waals surface area (Å²) in [7, 11) is 0. The van der Waals surface area contributed by atoms with Crippen molar-refractivity contribution < 1.29 is 48.2 Å². The second kappa shape index (κ2) is 19.6. The van der Waals surface area contributed by atoms with Crippen molar-refractivity contribution in [3.63, 3.8) is 0 Å². The molecule has 238 valence electrons. The highest BCUT2D eigenvalue weighted by Gasteiger charge is 2.24. The van der Waals surface area contributed by atoms with Crippen molar-refractivity contribution in [1.29, 1.82) is 0 Å². The van der Waals surface area contributed by atoms with Gasteiger partial charge in [-0.1, -0.05) is 36.8 Å².